The molecule has 3 aromatic heterocycles. The molecule has 6 nitrogen and oxygen atoms in total. The maximum Gasteiger partial charge on any atom is 0.259 e. The average molecular weight is 502 g/mol. The molecule has 0 aliphatic carbocycles. The van der Waals surface area contributed by atoms with E-state index in [9.17, 15) is 23.1 Å². The number of benzene rings is 2. The van der Waals surface area contributed by atoms with Gasteiger partial charge in [0.25, 0.3) is 5.91 Å². The fourth-order valence-corrected chi connectivity index (χ4v) is 4.28. The lowest BCUT2D eigenvalue weighted by Gasteiger charge is -2.19. The summed E-state index contributed by atoms with van der Waals surface area (Å²) in [5.41, 5.74) is 3.22. The predicted octanol–water partition coefficient (Wildman–Crippen LogP) is 5.56. The lowest BCUT2D eigenvalue weighted by molar-refractivity contribution is 0.0992. The zero-order valence-electron chi connectivity index (χ0n) is 19.9. The van der Waals surface area contributed by atoms with Crippen molar-refractivity contribution in [2.24, 2.45) is 0 Å². The molecule has 0 radical (unpaired) electrons. The van der Waals surface area contributed by atoms with Gasteiger partial charge in [0.05, 0.1) is 29.3 Å². The average Bonchev–Trinajstić information content (AvgIpc) is 3.29. The van der Waals surface area contributed by atoms with Gasteiger partial charge in [0.1, 0.15) is 11.5 Å². The minimum Gasteiger partial charge on any atom is -0.390 e. The number of pyridine rings is 2. The summed E-state index contributed by atoms with van der Waals surface area (Å²) in [5, 5.41) is 9.96. The Bertz CT molecular complexity index is 1650. The first-order valence-electron chi connectivity index (χ1n) is 11.4. The summed E-state index contributed by atoms with van der Waals surface area (Å²) < 4.78 is 43.6. The zero-order valence-corrected chi connectivity index (χ0v) is 19.9. The van der Waals surface area contributed by atoms with Crippen LogP contribution in [0.4, 0.5) is 18.9 Å². The number of hydrogen-bond acceptors (Lipinski definition) is 4. The summed E-state index contributed by atoms with van der Waals surface area (Å²) in [7, 11) is 1.59. The van der Waals surface area contributed by atoms with E-state index in [1.165, 1.54) is 41.3 Å². The number of nitrogens with zero attached hydrogens (tertiary/aromatic N) is 4. The third-order valence-electron chi connectivity index (χ3n) is 6.23. The van der Waals surface area contributed by atoms with E-state index in [1.807, 2.05) is 0 Å². The highest BCUT2D eigenvalue weighted by atomic mass is 19.2. The molecule has 5 rings (SSSR count). The van der Waals surface area contributed by atoms with Gasteiger partial charge in [0.2, 0.25) is 0 Å². The lowest BCUT2D eigenvalue weighted by atomic mass is 10.0. The normalized spacial score (nSPS) is 11.2. The van der Waals surface area contributed by atoms with Crippen LogP contribution in [-0.2, 0) is 6.61 Å². The van der Waals surface area contributed by atoms with Crippen molar-refractivity contribution in [1.82, 2.24) is 14.4 Å². The Balaban J connectivity index is 1.63. The number of carbonyl (C=O) groups is 1. The Morgan fingerprint density at radius 1 is 1.03 bits per heavy atom. The number of fused-ring (bicyclic) bond motifs is 1. The molecule has 37 heavy (non-hydrogen) atoms. The molecule has 0 bridgehead atoms. The molecular weight excluding hydrogens is 481 g/mol. The van der Waals surface area contributed by atoms with Crippen molar-refractivity contribution in [3.05, 3.63) is 107 Å². The van der Waals surface area contributed by atoms with Gasteiger partial charge in [-0.1, -0.05) is 6.07 Å². The van der Waals surface area contributed by atoms with E-state index < -0.39 is 24.1 Å². The number of aliphatic hydroxyl groups is 1. The van der Waals surface area contributed by atoms with Crippen LogP contribution in [0, 0.1) is 24.4 Å². The number of aromatic nitrogens is 3. The van der Waals surface area contributed by atoms with Gasteiger partial charge in [-0.2, -0.15) is 0 Å². The topological polar surface area (TPSA) is 70.7 Å². The van der Waals surface area contributed by atoms with E-state index >= 15 is 0 Å². The third kappa shape index (κ3) is 4.23. The highest BCUT2D eigenvalue weighted by Crippen LogP contribution is 2.33. The molecule has 0 atom stereocenters. The van der Waals surface area contributed by atoms with Crippen LogP contribution >= 0.6 is 0 Å². The first kappa shape index (κ1) is 24.2. The zero-order chi connectivity index (χ0) is 26.3. The second-order valence-electron chi connectivity index (χ2n) is 8.48. The van der Waals surface area contributed by atoms with Crippen molar-refractivity contribution < 1.29 is 23.1 Å². The standard InChI is InChI=1S/C28H21F3N4O2/c1-16-22(28(37)34(2)19-10-8-18(29)9-11-19)13-17(14-32-16)20-6-4-12-35-26(24(15-36)33-27(20)35)21-5-3-7-23(30)25(21)31/h3-14,36H,15H2,1-2H3. The van der Waals surface area contributed by atoms with Crippen molar-refractivity contribution in [2.75, 3.05) is 11.9 Å². The highest BCUT2D eigenvalue weighted by molar-refractivity contribution is 6.07. The Morgan fingerprint density at radius 3 is 2.49 bits per heavy atom. The molecule has 1 amide bonds. The summed E-state index contributed by atoms with van der Waals surface area (Å²) in [6, 6.07) is 14.5. The van der Waals surface area contributed by atoms with E-state index in [-0.39, 0.29) is 22.9 Å². The summed E-state index contributed by atoms with van der Waals surface area (Å²) >= 11 is 0. The largest absolute Gasteiger partial charge is 0.390 e. The number of anilines is 1. The number of aliphatic hydroxyl groups excluding tert-OH is 1. The van der Waals surface area contributed by atoms with Crippen LogP contribution in [0.2, 0.25) is 0 Å². The summed E-state index contributed by atoms with van der Waals surface area (Å²) in [6.07, 6.45) is 3.23. The summed E-state index contributed by atoms with van der Waals surface area (Å²) in [4.78, 5) is 23.6. The van der Waals surface area contributed by atoms with Crippen LogP contribution in [-0.4, -0.2) is 32.4 Å². The molecule has 0 aliphatic rings. The van der Waals surface area contributed by atoms with Gasteiger partial charge in [0.15, 0.2) is 11.6 Å². The number of carbonyl (C=O) groups excluding carboxylic acids is 1. The minimum atomic E-state index is -1.04. The molecule has 9 heteroatoms. The number of halogens is 3. The second kappa shape index (κ2) is 9.51. The van der Waals surface area contributed by atoms with Gasteiger partial charge >= 0.3 is 0 Å². The third-order valence-corrected chi connectivity index (χ3v) is 6.23. The van der Waals surface area contributed by atoms with E-state index in [2.05, 4.69) is 9.97 Å². The highest BCUT2D eigenvalue weighted by Gasteiger charge is 2.22. The second-order valence-corrected chi connectivity index (χ2v) is 8.48. The molecule has 0 saturated carbocycles. The lowest BCUT2D eigenvalue weighted by Crippen LogP contribution is -2.27. The smallest absolute Gasteiger partial charge is 0.259 e. The molecule has 0 saturated heterocycles. The number of aryl methyl sites for hydroxylation is 1. The van der Waals surface area contributed by atoms with E-state index in [0.29, 0.717) is 33.7 Å². The first-order chi connectivity index (χ1) is 17.8. The van der Waals surface area contributed by atoms with Gasteiger partial charge < -0.3 is 10.0 Å². The molecular formula is C28H21F3N4O2. The van der Waals surface area contributed by atoms with Crippen LogP contribution in [0.3, 0.4) is 0 Å². The van der Waals surface area contributed by atoms with Crippen LogP contribution in [0.1, 0.15) is 21.7 Å². The van der Waals surface area contributed by atoms with Crippen molar-refractivity contribution in [2.45, 2.75) is 13.5 Å². The molecule has 2 aromatic carbocycles. The van der Waals surface area contributed by atoms with Crippen LogP contribution in [0.5, 0.6) is 0 Å². The molecule has 0 spiro atoms. The molecule has 3 heterocycles. The van der Waals surface area contributed by atoms with Crippen molar-refractivity contribution in [1.29, 1.82) is 0 Å². The predicted molar refractivity (Wildman–Crippen MR) is 134 cm³/mol. The fourth-order valence-electron chi connectivity index (χ4n) is 4.28. The molecule has 0 aliphatic heterocycles. The Labute approximate surface area is 210 Å². The Hall–Kier alpha value is -4.50. The minimum absolute atomic E-state index is 0.0347. The van der Waals surface area contributed by atoms with E-state index in [4.69, 9.17) is 0 Å². The fraction of sp³-hybridized carbons (Fsp3) is 0.107. The number of hydrogen-bond donors (Lipinski definition) is 1. The monoisotopic (exact) mass is 502 g/mol. The Morgan fingerprint density at radius 2 is 1.76 bits per heavy atom. The van der Waals surface area contributed by atoms with E-state index in [1.54, 1.807) is 49.0 Å². The first-order valence-corrected chi connectivity index (χ1v) is 11.4. The summed E-state index contributed by atoms with van der Waals surface area (Å²) in [5.74, 6) is -2.80. The van der Waals surface area contributed by atoms with Crippen molar-refractivity contribution >= 4 is 17.2 Å². The quantitative estimate of drug-likeness (QED) is 0.342. The van der Waals surface area contributed by atoms with Crippen molar-refractivity contribution in [3.8, 4) is 22.4 Å². The van der Waals surface area contributed by atoms with Gasteiger partial charge in [-0.15, -0.1) is 0 Å². The maximum absolute atomic E-state index is 14.7. The van der Waals surface area contributed by atoms with Crippen molar-refractivity contribution in [3.63, 3.8) is 0 Å². The van der Waals surface area contributed by atoms with Crippen LogP contribution in [0.25, 0.3) is 28.0 Å². The van der Waals surface area contributed by atoms with Gasteiger partial charge in [0, 0.05) is 41.8 Å². The van der Waals surface area contributed by atoms with Gasteiger partial charge in [-0.25, -0.2) is 18.2 Å². The maximum atomic E-state index is 14.7. The van der Waals surface area contributed by atoms with Gasteiger partial charge in [-0.05, 0) is 61.5 Å². The van der Waals surface area contributed by atoms with Crippen LogP contribution in [0.15, 0.2) is 73.1 Å². The summed E-state index contributed by atoms with van der Waals surface area (Å²) in [6.45, 7) is 1.21. The molecule has 186 valence electrons. The molecule has 0 fully saturated rings. The van der Waals surface area contributed by atoms with Crippen LogP contribution < -0.4 is 4.90 Å². The number of rotatable bonds is 5. The van der Waals surface area contributed by atoms with E-state index in [0.717, 1.165) is 6.07 Å². The number of amides is 1. The molecule has 0 unspecified atom stereocenters. The number of imidazole rings is 1. The van der Waals surface area contributed by atoms with Gasteiger partial charge in [-0.3, -0.25) is 14.2 Å². The molecule has 5 aromatic rings. The Kier molecular flexibility index (Phi) is 6.22. The molecule has 1 N–H and O–H groups in total. The SMILES string of the molecule is Cc1ncc(-c2cccn3c(-c4cccc(F)c4F)c(CO)nc23)cc1C(=O)N(C)c1ccc(F)cc1.